The third-order valence-corrected chi connectivity index (χ3v) is 4.90. The van der Waals surface area contributed by atoms with Crippen molar-refractivity contribution in [1.82, 2.24) is 5.32 Å². The van der Waals surface area contributed by atoms with Crippen LogP contribution in [0.25, 0.3) is 11.1 Å². The Bertz CT molecular complexity index is 650. The molecule has 0 fully saturated rings. The van der Waals surface area contributed by atoms with E-state index in [1.54, 1.807) is 0 Å². The summed E-state index contributed by atoms with van der Waals surface area (Å²) in [6, 6.07) is 11.8. The maximum Gasteiger partial charge on any atom is 0.0773 e. The lowest BCUT2D eigenvalue weighted by Gasteiger charge is -2.21. The van der Waals surface area contributed by atoms with E-state index in [1.807, 2.05) is 36.4 Å². The quantitative estimate of drug-likeness (QED) is 0.730. The lowest BCUT2D eigenvalue weighted by molar-refractivity contribution is 0.155. The SMILES string of the molecule is CCCCNCC(O)C1c2cc(Cl)ccc2-c2ccc(Cl)cc21. The largest absolute Gasteiger partial charge is 0.391 e. The molecule has 23 heavy (non-hydrogen) atoms. The van der Waals surface area contributed by atoms with Crippen molar-refractivity contribution in [2.75, 3.05) is 13.1 Å². The van der Waals surface area contributed by atoms with Crippen LogP contribution in [0.5, 0.6) is 0 Å². The second-order valence-electron chi connectivity index (χ2n) is 6.07. The van der Waals surface area contributed by atoms with Crippen LogP contribution in [0.15, 0.2) is 36.4 Å². The van der Waals surface area contributed by atoms with Crippen molar-refractivity contribution in [2.45, 2.75) is 31.8 Å². The van der Waals surface area contributed by atoms with Crippen LogP contribution in [-0.4, -0.2) is 24.3 Å². The normalized spacial score (nSPS) is 14.6. The molecule has 1 atom stereocenters. The third-order valence-electron chi connectivity index (χ3n) is 4.43. The van der Waals surface area contributed by atoms with Crippen molar-refractivity contribution in [2.24, 2.45) is 0 Å². The van der Waals surface area contributed by atoms with Crippen molar-refractivity contribution in [3.05, 3.63) is 57.6 Å². The fourth-order valence-corrected chi connectivity index (χ4v) is 3.69. The molecule has 0 bridgehead atoms. The van der Waals surface area contributed by atoms with E-state index < -0.39 is 6.10 Å². The Hall–Kier alpha value is -1.06. The molecule has 0 aliphatic heterocycles. The summed E-state index contributed by atoms with van der Waals surface area (Å²) in [6.45, 7) is 3.64. The first kappa shape index (κ1) is 16.8. The second-order valence-corrected chi connectivity index (χ2v) is 6.94. The highest BCUT2D eigenvalue weighted by molar-refractivity contribution is 6.31. The van der Waals surface area contributed by atoms with E-state index >= 15 is 0 Å². The van der Waals surface area contributed by atoms with Gasteiger partial charge >= 0.3 is 0 Å². The highest BCUT2D eigenvalue weighted by Gasteiger charge is 2.33. The van der Waals surface area contributed by atoms with Crippen LogP contribution in [0, 0.1) is 0 Å². The van der Waals surface area contributed by atoms with Crippen molar-refractivity contribution in [3.63, 3.8) is 0 Å². The Morgan fingerprint density at radius 3 is 2.13 bits per heavy atom. The number of hydrogen-bond donors (Lipinski definition) is 2. The number of rotatable bonds is 6. The molecule has 122 valence electrons. The zero-order valence-electron chi connectivity index (χ0n) is 13.2. The van der Waals surface area contributed by atoms with Crippen molar-refractivity contribution in [3.8, 4) is 11.1 Å². The number of aliphatic hydroxyl groups is 1. The molecule has 2 aromatic carbocycles. The van der Waals surface area contributed by atoms with Crippen molar-refractivity contribution >= 4 is 23.2 Å². The lowest BCUT2D eigenvalue weighted by Crippen LogP contribution is -2.32. The Kier molecular flexibility index (Phi) is 5.27. The average molecular weight is 350 g/mol. The number of unbranched alkanes of at least 4 members (excludes halogenated alkanes) is 1. The Labute approximate surface area is 147 Å². The molecular formula is C19H21Cl2NO. The summed E-state index contributed by atoms with van der Waals surface area (Å²) >= 11 is 12.4. The predicted molar refractivity (Wildman–Crippen MR) is 97.5 cm³/mol. The third kappa shape index (κ3) is 3.41. The Morgan fingerprint density at radius 2 is 1.61 bits per heavy atom. The maximum absolute atomic E-state index is 10.8. The topological polar surface area (TPSA) is 32.3 Å². The summed E-state index contributed by atoms with van der Waals surface area (Å²) < 4.78 is 0. The fraction of sp³-hybridized carbons (Fsp3) is 0.368. The van der Waals surface area contributed by atoms with Gasteiger partial charge in [0.1, 0.15) is 0 Å². The van der Waals surface area contributed by atoms with E-state index in [-0.39, 0.29) is 5.92 Å². The number of hydrogen-bond acceptors (Lipinski definition) is 2. The Morgan fingerprint density at radius 1 is 1.04 bits per heavy atom. The van der Waals surface area contributed by atoms with Crippen LogP contribution in [0.1, 0.15) is 36.8 Å². The van der Waals surface area contributed by atoms with E-state index in [0.29, 0.717) is 16.6 Å². The van der Waals surface area contributed by atoms with E-state index in [2.05, 4.69) is 12.2 Å². The molecule has 0 saturated carbocycles. The summed E-state index contributed by atoms with van der Waals surface area (Å²) in [6.07, 6.45) is 1.75. The lowest BCUT2D eigenvalue weighted by atomic mass is 9.91. The number of fused-ring (bicyclic) bond motifs is 3. The molecule has 0 aromatic heterocycles. The summed E-state index contributed by atoms with van der Waals surface area (Å²) in [5, 5.41) is 15.5. The minimum absolute atomic E-state index is 0.0912. The van der Waals surface area contributed by atoms with Crippen LogP contribution in [0.2, 0.25) is 10.0 Å². The van der Waals surface area contributed by atoms with Gasteiger partial charge in [-0.1, -0.05) is 48.7 Å². The van der Waals surface area contributed by atoms with Gasteiger partial charge in [0.15, 0.2) is 0 Å². The molecule has 1 aliphatic rings. The van der Waals surface area contributed by atoms with Gasteiger partial charge in [0.05, 0.1) is 6.10 Å². The van der Waals surface area contributed by atoms with Crippen LogP contribution in [-0.2, 0) is 0 Å². The van der Waals surface area contributed by atoms with E-state index in [1.165, 1.54) is 0 Å². The van der Waals surface area contributed by atoms with E-state index in [0.717, 1.165) is 41.6 Å². The first-order valence-corrected chi connectivity index (χ1v) is 8.85. The van der Waals surface area contributed by atoms with Crippen molar-refractivity contribution in [1.29, 1.82) is 0 Å². The molecule has 0 heterocycles. The monoisotopic (exact) mass is 349 g/mol. The Balaban J connectivity index is 1.93. The molecule has 3 rings (SSSR count). The molecule has 2 aromatic rings. The minimum atomic E-state index is -0.510. The average Bonchev–Trinajstić information content (AvgIpc) is 2.83. The molecule has 1 unspecified atom stereocenters. The zero-order valence-corrected chi connectivity index (χ0v) is 14.7. The van der Waals surface area contributed by atoms with Gasteiger partial charge in [0.2, 0.25) is 0 Å². The number of benzene rings is 2. The second kappa shape index (κ2) is 7.23. The van der Waals surface area contributed by atoms with Gasteiger partial charge in [-0.2, -0.15) is 0 Å². The highest BCUT2D eigenvalue weighted by Crippen LogP contribution is 2.47. The molecule has 0 spiro atoms. The van der Waals surface area contributed by atoms with Gasteiger partial charge in [-0.15, -0.1) is 0 Å². The van der Waals surface area contributed by atoms with E-state index in [9.17, 15) is 5.11 Å². The molecule has 0 radical (unpaired) electrons. The minimum Gasteiger partial charge on any atom is -0.391 e. The first-order valence-electron chi connectivity index (χ1n) is 8.10. The maximum atomic E-state index is 10.8. The van der Waals surface area contributed by atoms with Crippen LogP contribution in [0.3, 0.4) is 0 Å². The number of halogens is 2. The van der Waals surface area contributed by atoms with Gasteiger partial charge in [-0.25, -0.2) is 0 Å². The molecule has 2 N–H and O–H groups in total. The van der Waals surface area contributed by atoms with Gasteiger partial charge in [-0.3, -0.25) is 0 Å². The summed E-state index contributed by atoms with van der Waals surface area (Å²) in [5.41, 5.74) is 4.44. The van der Waals surface area contributed by atoms with Crippen LogP contribution in [0.4, 0.5) is 0 Å². The van der Waals surface area contributed by atoms with E-state index in [4.69, 9.17) is 23.2 Å². The molecule has 0 saturated heterocycles. The number of aliphatic hydroxyl groups excluding tert-OH is 1. The molecule has 4 heteroatoms. The van der Waals surface area contributed by atoms with Gasteiger partial charge in [0.25, 0.3) is 0 Å². The molecule has 1 aliphatic carbocycles. The first-order chi connectivity index (χ1) is 11.1. The molecule has 2 nitrogen and oxygen atoms in total. The fourth-order valence-electron chi connectivity index (χ4n) is 3.32. The van der Waals surface area contributed by atoms with Crippen LogP contribution >= 0.6 is 23.2 Å². The van der Waals surface area contributed by atoms with Gasteiger partial charge in [0, 0.05) is 22.5 Å². The smallest absolute Gasteiger partial charge is 0.0773 e. The van der Waals surface area contributed by atoms with Crippen LogP contribution < -0.4 is 5.32 Å². The molecule has 0 amide bonds. The van der Waals surface area contributed by atoms with Crippen molar-refractivity contribution < 1.29 is 5.11 Å². The number of nitrogens with one attached hydrogen (secondary N) is 1. The predicted octanol–water partition coefficient (Wildman–Crippen LogP) is 4.86. The van der Waals surface area contributed by atoms with Gasteiger partial charge in [-0.05, 0) is 59.5 Å². The zero-order chi connectivity index (χ0) is 16.4. The summed E-state index contributed by atoms with van der Waals surface area (Å²) in [5.74, 6) is -0.0912. The summed E-state index contributed by atoms with van der Waals surface area (Å²) in [4.78, 5) is 0. The summed E-state index contributed by atoms with van der Waals surface area (Å²) in [7, 11) is 0. The molecular weight excluding hydrogens is 329 g/mol. The standard InChI is InChI=1S/C19H21Cl2NO/c1-2-3-8-22-11-18(23)19-16-9-12(20)4-6-14(16)15-7-5-13(21)10-17(15)19/h4-7,9-10,18-19,22-23H,2-3,8,11H2,1H3. The van der Waals surface area contributed by atoms with Gasteiger partial charge < -0.3 is 10.4 Å². The highest BCUT2D eigenvalue weighted by atomic mass is 35.5.